The second-order valence-electron chi connectivity index (χ2n) is 5.47. The first-order chi connectivity index (χ1) is 10.1. The number of para-hydroxylation sites is 1. The number of carbonyl (C=O) groups excluding carboxylic acids is 2. The van der Waals surface area contributed by atoms with Gasteiger partial charge in [0.1, 0.15) is 12.4 Å². The van der Waals surface area contributed by atoms with E-state index >= 15 is 0 Å². The van der Waals surface area contributed by atoms with Crippen LogP contribution in [0.5, 0.6) is 0 Å². The number of halogens is 1. The summed E-state index contributed by atoms with van der Waals surface area (Å²) in [6.45, 7) is 1.46. The van der Waals surface area contributed by atoms with E-state index in [1.807, 2.05) is 0 Å². The van der Waals surface area contributed by atoms with E-state index in [0.717, 1.165) is 25.7 Å². The maximum atomic E-state index is 13.5. The van der Waals surface area contributed by atoms with E-state index in [-0.39, 0.29) is 30.1 Å². The minimum absolute atomic E-state index is 0.0195. The zero-order chi connectivity index (χ0) is 15.2. The van der Waals surface area contributed by atoms with Gasteiger partial charge in [0.2, 0.25) is 11.8 Å². The van der Waals surface area contributed by atoms with Crippen molar-refractivity contribution in [3.05, 3.63) is 30.1 Å². The molecule has 114 valence electrons. The predicted octanol–water partition coefficient (Wildman–Crippen LogP) is 2.95. The van der Waals surface area contributed by atoms with Crippen LogP contribution in [0.3, 0.4) is 0 Å². The molecule has 1 fully saturated rings. The van der Waals surface area contributed by atoms with Crippen molar-refractivity contribution in [3.63, 3.8) is 0 Å². The van der Waals surface area contributed by atoms with Crippen LogP contribution >= 0.6 is 0 Å². The summed E-state index contributed by atoms with van der Waals surface area (Å²) in [6, 6.07) is 6.14. The van der Waals surface area contributed by atoms with E-state index < -0.39 is 5.82 Å². The number of amides is 2. The molecule has 1 aromatic rings. The second-order valence-corrected chi connectivity index (χ2v) is 5.47. The van der Waals surface area contributed by atoms with Crippen molar-refractivity contribution < 1.29 is 14.0 Å². The normalized spacial score (nSPS) is 15.5. The first kappa shape index (κ1) is 15.5. The summed E-state index contributed by atoms with van der Waals surface area (Å²) in [5.41, 5.74) is 0.148. The van der Waals surface area contributed by atoms with Crippen LogP contribution < -0.4 is 5.32 Å². The van der Waals surface area contributed by atoms with Crippen molar-refractivity contribution in [3.8, 4) is 0 Å². The molecule has 21 heavy (non-hydrogen) atoms. The molecule has 2 amide bonds. The summed E-state index contributed by atoms with van der Waals surface area (Å²) in [6.07, 6.45) is 5.23. The summed E-state index contributed by atoms with van der Waals surface area (Å²) < 4.78 is 13.5. The Morgan fingerprint density at radius 3 is 2.52 bits per heavy atom. The Hall–Kier alpha value is -1.91. The van der Waals surface area contributed by atoms with Gasteiger partial charge in [-0.1, -0.05) is 31.4 Å². The number of anilines is 1. The van der Waals surface area contributed by atoms with Crippen LogP contribution in [-0.2, 0) is 9.59 Å². The standard InChI is InChI=1S/C16H21FN2O2/c1-12(20)19(13-7-3-2-4-8-13)11-16(21)18-15-10-6-5-9-14(15)17/h5-6,9-10,13H,2-4,7-8,11H2,1H3,(H,18,21). The molecule has 0 heterocycles. The van der Waals surface area contributed by atoms with E-state index in [2.05, 4.69) is 5.32 Å². The lowest BCUT2D eigenvalue weighted by Crippen LogP contribution is -2.44. The lowest BCUT2D eigenvalue weighted by atomic mass is 9.94. The van der Waals surface area contributed by atoms with Gasteiger partial charge in [0.15, 0.2) is 0 Å². The van der Waals surface area contributed by atoms with Crippen molar-refractivity contribution in [2.24, 2.45) is 0 Å². The predicted molar refractivity (Wildman–Crippen MR) is 79.3 cm³/mol. The van der Waals surface area contributed by atoms with Crippen molar-refractivity contribution in [2.45, 2.75) is 45.1 Å². The van der Waals surface area contributed by atoms with E-state index in [1.165, 1.54) is 25.5 Å². The molecule has 0 radical (unpaired) electrons. The molecule has 5 heteroatoms. The van der Waals surface area contributed by atoms with Crippen LogP contribution in [0.1, 0.15) is 39.0 Å². The molecular weight excluding hydrogens is 271 g/mol. The monoisotopic (exact) mass is 292 g/mol. The minimum Gasteiger partial charge on any atom is -0.331 e. The lowest BCUT2D eigenvalue weighted by Gasteiger charge is -2.33. The molecule has 1 N–H and O–H groups in total. The van der Waals surface area contributed by atoms with Gasteiger partial charge in [-0.15, -0.1) is 0 Å². The van der Waals surface area contributed by atoms with Crippen LogP contribution in [-0.4, -0.2) is 29.3 Å². The Balaban J connectivity index is 1.98. The largest absolute Gasteiger partial charge is 0.331 e. The van der Waals surface area contributed by atoms with Gasteiger partial charge in [0.05, 0.1) is 5.69 Å². The topological polar surface area (TPSA) is 49.4 Å². The van der Waals surface area contributed by atoms with Crippen LogP contribution in [0.25, 0.3) is 0 Å². The molecular formula is C16H21FN2O2. The van der Waals surface area contributed by atoms with Crippen LogP contribution in [0, 0.1) is 5.82 Å². The van der Waals surface area contributed by atoms with E-state index in [4.69, 9.17) is 0 Å². The quantitative estimate of drug-likeness (QED) is 0.927. The Bertz CT molecular complexity index is 513. The average molecular weight is 292 g/mol. The molecule has 1 aromatic carbocycles. The van der Waals surface area contributed by atoms with Gasteiger partial charge in [-0.05, 0) is 25.0 Å². The number of rotatable bonds is 4. The molecule has 0 aromatic heterocycles. The van der Waals surface area contributed by atoms with Crippen molar-refractivity contribution >= 4 is 17.5 Å². The zero-order valence-corrected chi connectivity index (χ0v) is 12.3. The SMILES string of the molecule is CC(=O)N(CC(=O)Nc1ccccc1F)C1CCCCC1. The summed E-state index contributed by atoms with van der Waals surface area (Å²) in [5.74, 6) is -0.940. The van der Waals surface area contributed by atoms with Crippen molar-refractivity contribution in [2.75, 3.05) is 11.9 Å². The smallest absolute Gasteiger partial charge is 0.244 e. The average Bonchev–Trinajstić information content (AvgIpc) is 2.48. The highest BCUT2D eigenvalue weighted by Gasteiger charge is 2.25. The van der Waals surface area contributed by atoms with Gasteiger partial charge < -0.3 is 10.2 Å². The van der Waals surface area contributed by atoms with Gasteiger partial charge in [0.25, 0.3) is 0 Å². The highest BCUT2D eigenvalue weighted by atomic mass is 19.1. The molecule has 0 bridgehead atoms. The number of nitrogens with one attached hydrogen (secondary N) is 1. The van der Waals surface area contributed by atoms with E-state index in [1.54, 1.807) is 17.0 Å². The molecule has 0 atom stereocenters. The molecule has 2 rings (SSSR count). The van der Waals surface area contributed by atoms with Crippen LogP contribution in [0.4, 0.5) is 10.1 Å². The van der Waals surface area contributed by atoms with Crippen molar-refractivity contribution in [1.82, 2.24) is 4.90 Å². The molecule has 0 aliphatic heterocycles. The van der Waals surface area contributed by atoms with Gasteiger partial charge in [-0.2, -0.15) is 0 Å². The molecule has 0 saturated heterocycles. The number of carbonyl (C=O) groups is 2. The maximum absolute atomic E-state index is 13.5. The molecule has 0 spiro atoms. The number of benzene rings is 1. The minimum atomic E-state index is -0.474. The van der Waals surface area contributed by atoms with E-state index in [9.17, 15) is 14.0 Å². The fourth-order valence-corrected chi connectivity index (χ4v) is 2.80. The van der Waals surface area contributed by atoms with E-state index in [0.29, 0.717) is 0 Å². The van der Waals surface area contributed by atoms with Crippen LogP contribution in [0.15, 0.2) is 24.3 Å². The van der Waals surface area contributed by atoms with Crippen molar-refractivity contribution in [1.29, 1.82) is 0 Å². The van der Waals surface area contributed by atoms with Gasteiger partial charge >= 0.3 is 0 Å². The molecule has 1 saturated carbocycles. The number of hydrogen-bond acceptors (Lipinski definition) is 2. The Kier molecular flexibility index (Phi) is 5.31. The highest BCUT2D eigenvalue weighted by molar-refractivity contribution is 5.94. The third kappa shape index (κ3) is 4.28. The second kappa shape index (κ2) is 7.20. The summed E-state index contributed by atoms with van der Waals surface area (Å²) in [5, 5.41) is 2.53. The number of hydrogen-bond donors (Lipinski definition) is 1. The molecule has 4 nitrogen and oxygen atoms in total. The third-order valence-corrected chi connectivity index (χ3v) is 3.88. The fourth-order valence-electron chi connectivity index (χ4n) is 2.80. The molecule has 1 aliphatic rings. The zero-order valence-electron chi connectivity index (χ0n) is 12.3. The van der Waals surface area contributed by atoms with Crippen LogP contribution in [0.2, 0.25) is 0 Å². The Morgan fingerprint density at radius 2 is 1.90 bits per heavy atom. The number of nitrogens with zero attached hydrogens (tertiary/aromatic N) is 1. The fraction of sp³-hybridized carbons (Fsp3) is 0.500. The third-order valence-electron chi connectivity index (χ3n) is 3.88. The molecule has 1 aliphatic carbocycles. The summed E-state index contributed by atoms with van der Waals surface area (Å²) in [7, 11) is 0. The van der Waals surface area contributed by atoms with Gasteiger partial charge in [-0.25, -0.2) is 4.39 Å². The summed E-state index contributed by atoms with van der Waals surface area (Å²) >= 11 is 0. The van der Waals surface area contributed by atoms with Gasteiger partial charge in [-0.3, -0.25) is 9.59 Å². The Morgan fingerprint density at radius 1 is 1.24 bits per heavy atom. The van der Waals surface area contributed by atoms with Gasteiger partial charge in [0, 0.05) is 13.0 Å². The highest BCUT2D eigenvalue weighted by Crippen LogP contribution is 2.22. The summed E-state index contributed by atoms with van der Waals surface area (Å²) in [4.78, 5) is 25.4. The molecule has 0 unspecified atom stereocenters. The Labute approximate surface area is 124 Å². The first-order valence-corrected chi connectivity index (χ1v) is 7.39. The maximum Gasteiger partial charge on any atom is 0.244 e. The lowest BCUT2D eigenvalue weighted by molar-refractivity contribution is -0.135. The first-order valence-electron chi connectivity index (χ1n) is 7.39.